The molecule has 4 aliphatic carbocycles. The van der Waals surface area contributed by atoms with E-state index in [0.717, 1.165) is 43.4 Å². The first-order valence-corrected chi connectivity index (χ1v) is 12.2. The van der Waals surface area contributed by atoms with Crippen LogP contribution in [0.15, 0.2) is 0 Å². The van der Waals surface area contributed by atoms with Crippen LogP contribution in [0.5, 0.6) is 0 Å². The molecule has 4 saturated carbocycles. The number of nitrogens with zero attached hydrogens (tertiary/aromatic N) is 1. The molecule has 5 aliphatic rings. The van der Waals surface area contributed by atoms with Crippen molar-refractivity contribution in [2.75, 3.05) is 13.9 Å². The third-order valence-corrected chi connectivity index (χ3v) is 9.65. The lowest BCUT2D eigenvalue weighted by molar-refractivity contribution is -0.221. The number of ketones is 1. The number of halogens is 3. The molecule has 9 atom stereocenters. The smallest absolute Gasteiger partial charge is 0.359 e. The zero-order valence-corrected chi connectivity index (χ0v) is 18.9. The summed E-state index contributed by atoms with van der Waals surface area (Å²) in [5.41, 5.74) is -0.684. The Bertz CT molecular complexity index is 773. The van der Waals surface area contributed by atoms with E-state index in [2.05, 4.69) is 0 Å². The lowest BCUT2D eigenvalue weighted by atomic mass is 9.58. The Morgan fingerprint density at radius 1 is 1.16 bits per heavy atom. The average molecular weight is 458 g/mol. The number of hydrogen-bond donors (Lipinski definition) is 0. The van der Waals surface area contributed by atoms with Crippen LogP contribution >= 0.6 is 0 Å². The molecule has 1 amide bonds. The number of likely N-dealkylation sites (tertiary alicyclic amines) is 1. The highest BCUT2D eigenvalue weighted by atomic mass is 19.4. The van der Waals surface area contributed by atoms with Gasteiger partial charge in [-0.15, -0.1) is 0 Å². The van der Waals surface area contributed by atoms with Crippen molar-refractivity contribution in [1.29, 1.82) is 0 Å². The molecule has 0 aromatic rings. The second kappa shape index (κ2) is 7.97. The molecule has 0 unspecified atom stereocenters. The summed E-state index contributed by atoms with van der Waals surface area (Å²) in [4.78, 5) is 26.8. The Labute approximate surface area is 187 Å². The van der Waals surface area contributed by atoms with Crippen molar-refractivity contribution in [1.82, 2.24) is 4.90 Å². The van der Waals surface area contributed by atoms with E-state index in [1.807, 2.05) is 0 Å². The number of methoxy groups -OCH3 is 1. The monoisotopic (exact) mass is 457 g/mol. The normalized spacial score (nSPS) is 45.8. The maximum absolute atomic E-state index is 13.6. The zero-order chi connectivity index (χ0) is 22.8. The number of hydrogen-bond acceptors (Lipinski definition) is 4. The van der Waals surface area contributed by atoms with E-state index in [0.29, 0.717) is 36.9 Å². The Morgan fingerprint density at radius 3 is 2.62 bits per heavy atom. The summed E-state index contributed by atoms with van der Waals surface area (Å²) in [6.07, 6.45) is 2.31. The van der Waals surface area contributed by atoms with Crippen molar-refractivity contribution in [3.8, 4) is 0 Å². The molecule has 5 rings (SSSR count). The molecule has 180 valence electrons. The van der Waals surface area contributed by atoms with Gasteiger partial charge >= 0.3 is 12.1 Å². The highest BCUT2D eigenvalue weighted by Crippen LogP contribution is 2.66. The van der Waals surface area contributed by atoms with Gasteiger partial charge in [-0.05, 0) is 69.1 Å². The average Bonchev–Trinajstić information content (AvgIpc) is 3.00. The molecule has 1 saturated heterocycles. The number of carbonyl (C=O) groups excluding carboxylic acids is 2. The second-order valence-corrected chi connectivity index (χ2v) is 10.9. The van der Waals surface area contributed by atoms with Gasteiger partial charge in [0.1, 0.15) is 12.6 Å². The summed E-state index contributed by atoms with van der Waals surface area (Å²) < 4.78 is 52.4. The third kappa shape index (κ3) is 3.26. The third-order valence-electron chi connectivity index (χ3n) is 9.65. The largest absolute Gasteiger partial charge is 0.471 e. The molecule has 5 nitrogen and oxygen atoms in total. The number of rotatable bonds is 3. The summed E-state index contributed by atoms with van der Waals surface area (Å²) in [5, 5.41) is 0. The standard InChI is InChI=1S/C24H34F3NO4/c1-13-7-8-17-19(28(13)22(30)24(25,26)27)9-14-11-23(17,32-12-31-2)18-10-20(29)15-5-3-4-6-16(15)21(14)18/h13-19,21H,3-12H2,1-2H3/t13-,14-,15+,16+,17+,18+,19+,21-,23+/m1/s1. The Kier molecular flexibility index (Phi) is 5.63. The molecule has 0 aromatic heterocycles. The van der Waals surface area contributed by atoms with Crippen LogP contribution in [0.4, 0.5) is 13.2 Å². The SMILES string of the molecule is COCO[C@@]12C[C@@H](C[C@H]3[C@@H]1CC[C@@H](C)N3C(=O)C(F)(F)F)[C@@H]1[C@H]3CCCC[C@@H]3C(=O)C[C@@H]12. The minimum absolute atomic E-state index is 0.0146. The minimum atomic E-state index is -4.88. The van der Waals surface area contributed by atoms with Crippen LogP contribution in [-0.2, 0) is 19.1 Å². The predicted molar refractivity (Wildman–Crippen MR) is 109 cm³/mol. The molecule has 1 heterocycles. The van der Waals surface area contributed by atoms with Crippen LogP contribution in [0, 0.1) is 35.5 Å². The van der Waals surface area contributed by atoms with Crippen molar-refractivity contribution in [2.45, 2.75) is 88.6 Å². The van der Waals surface area contributed by atoms with Crippen molar-refractivity contribution in [2.24, 2.45) is 35.5 Å². The Hall–Kier alpha value is -1.15. The first-order valence-electron chi connectivity index (χ1n) is 12.2. The lowest BCUT2D eigenvalue weighted by Crippen LogP contribution is -2.64. The molecule has 0 radical (unpaired) electrons. The number of ether oxygens (including phenoxy) is 2. The molecule has 0 spiro atoms. The van der Waals surface area contributed by atoms with E-state index in [1.165, 1.54) is 0 Å². The zero-order valence-electron chi connectivity index (χ0n) is 18.9. The number of carbonyl (C=O) groups is 2. The molecule has 0 N–H and O–H groups in total. The van der Waals surface area contributed by atoms with Gasteiger partial charge in [0.2, 0.25) is 0 Å². The molecule has 1 aliphatic heterocycles. The maximum atomic E-state index is 13.6. The molecule has 32 heavy (non-hydrogen) atoms. The van der Waals surface area contributed by atoms with Crippen molar-refractivity contribution in [3.05, 3.63) is 0 Å². The van der Waals surface area contributed by atoms with Crippen LogP contribution in [0.2, 0.25) is 0 Å². The van der Waals surface area contributed by atoms with E-state index in [-0.39, 0.29) is 30.5 Å². The van der Waals surface area contributed by atoms with Crippen LogP contribution in [0.1, 0.15) is 64.7 Å². The van der Waals surface area contributed by atoms with Crippen LogP contribution < -0.4 is 0 Å². The summed E-state index contributed by atoms with van der Waals surface area (Å²) in [6, 6.07) is -0.945. The fourth-order valence-electron chi connectivity index (χ4n) is 8.73. The van der Waals surface area contributed by atoms with Crippen LogP contribution in [0.25, 0.3) is 0 Å². The lowest BCUT2D eigenvalue weighted by Gasteiger charge is -2.55. The first kappa shape index (κ1) is 22.6. The molecule has 0 aromatic carbocycles. The van der Waals surface area contributed by atoms with Gasteiger partial charge in [0.05, 0.1) is 5.60 Å². The fourth-order valence-corrected chi connectivity index (χ4v) is 8.73. The Morgan fingerprint density at radius 2 is 1.91 bits per heavy atom. The van der Waals surface area contributed by atoms with Gasteiger partial charge in [-0.2, -0.15) is 13.2 Å². The van der Waals surface area contributed by atoms with Crippen LogP contribution in [0.3, 0.4) is 0 Å². The maximum Gasteiger partial charge on any atom is 0.471 e. The van der Waals surface area contributed by atoms with Crippen molar-refractivity contribution in [3.63, 3.8) is 0 Å². The second-order valence-electron chi connectivity index (χ2n) is 10.9. The number of amides is 1. The topological polar surface area (TPSA) is 55.8 Å². The van der Waals surface area contributed by atoms with Crippen LogP contribution in [-0.4, -0.2) is 54.4 Å². The predicted octanol–water partition coefficient (Wildman–Crippen LogP) is 4.34. The molecular weight excluding hydrogens is 423 g/mol. The number of fused-ring (bicyclic) bond motifs is 9. The summed E-state index contributed by atoms with van der Waals surface area (Å²) in [7, 11) is 1.55. The summed E-state index contributed by atoms with van der Waals surface area (Å²) >= 11 is 0. The van der Waals surface area contributed by atoms with Gasteiger partial charge in [-0.1, -0.05) is 12.8 Å². The first-order chi connectivity index (χ1) is 15.2. The highest BCUT2D eigenvalue weighted by Gasteiger charge is 2.69. The highest BCUT2D eigenvalue weighted by molar-refractivity contribution is 5.83. The van der Waals surface area contributed by atoms with Gasteiger partial charge in [-0.25, -0.2) is 0 Å². The van der Waals surface area contributed by atoms with Gasteiger partial charge in [-0.3, -0.25) is 9.59 Å². The fraction of sp³-hybridized carbons (Fsp3) is 0.917. The van der Waals surface area contributed by atoms with Crippen molar-refractivity contribution >= 4 is 11.7 Å². The molecule has 5 fully saturated rings. The van der Waals surface area contributed by atoms with Crippen molar-refractivity contribution < 1.29 is 32.2 Å². The molecule has 2 bridgehead atoms. The van der Waals surface area contributed by atoms with E-state index in [4.69, 9.17) is 9.47 Å². The van der Waals surface area contributed by atoms with Gasteiger partial charge in [0.15, 0.2) is 0 Å². The van der Waals surface area contributed by atoms with E-state index in [9.17, 15) is 22.8 Å². The molecule has 8 heteroatoms. The quantitative estimate of drug-likeness (QED) is 0.592. The summed E-state index contributed by atoms with van der Waals surface area (Å²) in [6.45, 7) is 1.79. The number of alkyl halides is 3. The minimum Gasteiger partial charge on any atom is -0.359 e. The van der Waals surface area contributed by atoms with Gasteiger partial charge < -0.3 is 14.4 Å². The number of Topliss-reactive ketones (excluding diaryl/α,β-unsaturated/α-hetero) is 1. The van der Waals surface area contributed by atoms with E-state index >= 15 is 0 Å². The number of piperidine rings is 1. The van der Waals surface area contributed by atoms with Gasteiger partial charge in [0, 0.05) is 37.5 Å². The summed E-state index contributed by atoms with van der Waals surface area (Å²) in [5.74, 6) is -0.718. The van der Waals surface area contributed by atoms with Gasteiger partial charge in [0.25, 0.3) is 0 Å². The van der Waals surface area contributed by atoms with E-state index < -0.39 is 29.8 Å². The van der Waals surface area contributed by atoms with E-state index in [1.54, 1.807) is 14.0 Å². The Balaban J connectivity index is 1.56. The molecular formula is C24H34F3NO4.